The molecule has 0 radical (unpaired) electrons. The van der Waals surface area contributed by atoms with E-state index >= 15 is 0 Å². The summed E-state index contributed by atoms with van der Waals surface area (Å²) in [5.74, 6) is 0. The topological polar surface area (TPSA) is 35.5 Å². The standard InChI is InChI=1S/C17H27BrN2O/c1-2-10-19-17(14-5-7-15(18)8-6-14)9-12-20-11-3-4-16(21)13-20/h5-8,16-17,19,21H,2-4,9-13H2,1H3. The number of nitrogens with one attached hydrogen (secondary N) is 1. The number of likely N-dealkylation sites (tertiary alicyclic amines) is 1. The molecule has 1 aliphatic heterocycles. The molecule has 2 atom stereocenters. The fourth-order valence-electron chi connectivity index (χ4n) is 2.95. The lowest BCUT2D eigenvalue weighted by molar-refractivity contribution is 0.0685. The average Bonchev–Trinajstić information content (AvgIpc) is 2.49. The van der Waals surface area contributed by atoms with Crippen LogP contribution in [-0.2, 0) is 0 Å². The molecule has 2 N–H and O–H groups in total. The number of halogens is 1. The molecule has 1 aliphatic rings. The first kappa shape index (κ1) is 16.9. The maximum Gasteiger partial charge on any atom is 0.0667 e. The third-order valence-electron chi connectivity index (χ3n) is 4.13. The lowest BCUT2D eigenvalue weighted by Crippen LogP contribution is -2.39. The first-order valence-corrected chi connectivity index (χ1v) is 8.87. The minimum Gasteiger partial charge on any atom is -0.392 e. The second kappa shape index (κ2) is 8.89. The van der Waals surface area contributed by atoms with Crippen molar-refractivity contribution in [2.24, 2.45) is 0 Å². The van der Waals surface area contributed by atoms with E-state index in [2.05, 4.69) is 57.3 Å². The molecule has 1 aromatic carbocycles. The Kier molecular flexibility index (Phi) is 7.17. The largest absolute Gasteiger partial charge is 0.392 e. The van der Waals surface area contributed by atoms with Crippen LogP contribution in [0.25, 0.3) is 0 Å². The lowest BCUT2D eigenvalue weighted by atomic mass is 10.0. The molecule has 1 fully saturated rings. The van der Waals surface area contributed by atoms with Crippen molar-refractivity contribution >= 4 is 15.9 Å². The zero-order valence-electron chi connectivity index (χ0n) is 12.9. The van der Waals surface area contributed by atoms with Crippen LogP contribution in [0.4, 0.5) is 0 Å². The first-order valence-electron chi connectivity index (χ1n) is 8.08. The van der Waals surface area contributed by atoms with E-state index in [9.17, 15) is 5.11 Å². The SMILES string of the molecule is CCCNC(CCN1CCCC(O)C1)c1ccc(Br)cc1. The van der Waals surface area contributed by atoms with Crippen LogP contribution in [0.3, 0.4) is 0 Å². The summed E-state index contributed by atoms with van der Waals surface area (Å²) in [6, 6.07) is 9.02. The van der Waals surface area contributed by atoms with Gasteiger partial charge in [0.05, 0.1) is 6.10 Å². The van der Waals surface area contributed by atoms with Crippen molar-refractivity contribution in [1.82, 2.24) is 10.2 Å². The number of piperidine rings is 1. The molecule has 4 heteroatoms. The third kappa shape index (κ3) is 5.70. The van der Waals surface area contributed by atoms with Gasteiger partial charge < -0.3 is 15.3 Å². The van der Waals surface area contributed by atoms with Crippen LogP contribution < -0.4 is 5.32 Å². The van der Waals surface area contributed by atoms with Crippen molar-refractivity contribution in [3.05, 3.63) is 34.3 Å². The zero-order chi connectivity index (χ0) is 15.1. The monoisotopic (exact) mass is 354 g/mol. The van der Waals surface area contributed by atoms with Crippen LogP contribution in [0, 0.1) is 0 Å². The number of aliphatic hydroxyl groups excluding tert-OH is 1. The number of rotatable bonds is 7. The van der Waals surface area contributed by atoms with E-state index < -0.39 is 0 Å². The quantitative estimate of drug-likeness (QED) is 0.788. The molecule has 1 aromatic rings. The van der Waals surface area contributed by atoms with Gasteiger partial charge in [-0.2, -0.15) is 0 Å². The molecule has 0 aliphatic carbocycles. The molecule has 1 heterocycles. The average molecular weight is 355 g/mol. The molecule has 3 nitrogen and oxygen atoms in total. The molecular weight excluding hydrogens is 328 g/mol. The smallest absolute Gasteiger partial charge is 0.0667 e. The molecule has 0 saturated carbocycles. The fourth-order valence-corrected chi connectivity index (χ4v) is 3.21. The van der Waals surface area contributed by atoms with Crippen LogP contribution in [0.5, 0.6) is 0 Å². The van der Waals surface area contributed by atoms with Gasteiger partial charge >= 0.3 is 0 Å². The molecule has 0 amide bonds. The predicted octanol–water partition coefficient (Wildman–Crippen LogP) is 3.34. The van der Waals surface area contributed by atoms with Gasteiger partial charge in [-0.25, -0.2) is 0 Å². The molecule has 1 saturated heterocycles. The molecule has 0 bridgehead atoms. The maximum atomic E-state index is 9.77. The molecule has 21 heavy (non-hydrogen) atoms. The van der Waals surface area contributed by atoms with Crippen molar-refractivity contribution < 1.29 is 5.11 Å². The highest BCUT2D eigenvalue weighted by molar-refractivity contribution is 9.10. The van der Waals surface area contributed by atoms with Crippen molar-refractivity contribution in [3.63, 3.8) is 0 Å². The number of β-amino-alcohol motifs (C(OH)–C–C–N with tert-alkyl or cyclic N) is 1. The van der Waals surface area contributed by atoms with Gasteiger partial charge in [0, 0.05) is 23.6 Å². The summed E-state index contributed by atoms with van der Waals surface area (Å²) >= 11 is 3.50. The predicted molar refractivity (Wildman–Crippen MR) is 91.5 cm³/mol. The van der Waals surface area contributed by atoms with Crippen LogP contribution >= 0.6 is 15.9 Å². The summed E-state index contributed by atoms with van der Waals surface area (Å²) < 4.78 is 1.12. The van der Waals surface area contributed by atoms with Crippen LogP contribution in [0.1, 0.15) is 44.2 Å². The molecule has 0 spiro atoms. The van der Waals surface area contributed by atoms with Gasteiger partial charge in [0.1, 0.15) is 0 Å². The Morgan fingerprint density at radius 1 is 1.38 bits per heavy atom. The lowest BCUT2D eigenvalue weighted by Gasteiger charge is -2.31. The molecular formula is C17H27BrN2O. The summed E-state index contributed by atoms with van der Waals surface area (Å²) in [5, 5.41) is 13.4. The molecule has 2 unspecified atom stereocenters. The highest BCUT2D eigenvalue weighted by Gasteiger charge is 2.19. The Hall–Kier alpha value is -0.420. The number of nitrogens with zero attached hydrogens (tertiary/aromatic N) is 1. The number of hydrogen-bond donors (Lipinski definition) is 2. The van der Waals surface area contributed by atoms with E-state index in [-0.39, 0.29) is 6.10 Å². The number of aliphatic hydroxyl groups is 1. The van der Waals surface area contributed by atoms with E-state index in [0.29, 0.717) is 6.04 Å². The second-order valence-electron chi connectivity index (χ2n) is 5.94. The highest BCUT2D eigenvalue weighted by atomic mass is 79.9. The van der Waals surface area contributed by atoms with E-state index in [0.717, 1.165) is 56.3 Å². The van der Waals surface area contributed by atoms with E-state index in [1.165, 1.54) is 5.56 Å². The normalized spacial score (nSPS) is 21.4. The van der Waals surface area contributed by atoms with Gasteiger partial charge in [-0.1, -0.05) is 35.0 Å². The van der Waals surface area contributed by atoms with Gasteiger partial charge in [-0.15, -0.1) is 0 Å². The minimum absolute atomic E-state index is 0.131. The fraction of sp³-hybridized carbons (Fsp3) is 0.647. The van der Waals surface area contributed by atoms with Gasteiger partial charge in [-0.3, -0.25) is 0 Å². The van der Waals surface area contributed by atoms with Crippen LogP contribution in [0.15, 0.2) is 28.7 Å². The van der Waals surface area contributed by atoms with Gasteiger partial charge in [-0.05, 0) is 56.5 Å². The first-order chi connectivity index (χ1) is 10.2. The maximum absolute atomic E-state index is 9.77. The second-order valence-corrected chi connectivity index (χ2v) is 6.86. The Balaban J connectivity index is 1.91. The van der Waals surface area contributed by atoms with Crippen LogP contribution in [-0.4, -0.2) is 42.3 Å². The molecule has 0 aromatic heterocycles. The van der Waals surface area contributed by atoms with Crippen molar-refractivity contribution in [3.8, 4) is 0 Å². The Morgan fingerprint density at radius 2 is 2.14 bits per heavy atom. The summed E-state index contributed by atoms with van der Waals surface area (Å²) in [6.45, 7) is 6.25. The van der Waals surface area contributed by atoms with Gasteiger partial charge in [0.25, 0.3) is 0 Å². The summed E-state index contributed by atoms with van der Waals surface area (Å²) in [7, 11) is 0. The van der Waals surface area contributed by atoms with Crippen molar-refractivity contribution in [2.45, 2.75) is 44.8 Å². The van der Waals surface area contributed by atoms with E-state index in [1.54, 1.807) is 0 Å². The van der Waals surface area contributed by atoms with Gasteiger partial charge in [0.15, 0.2) is 0 Å². The van der Waals surface area contributed by atoms with Crippen LogP contribution in [0.2, 0.25) is 0 Å². The summed E-state index contributed by atoms with van der Waals surface area (Å²) in [6.07, 6.45) is 4.19. The number of hydrogen-bond acceptors (Lipinski definition) is 3. The van der Waals surface area contributed by atoms with Crippen molar-refractivity contribution in [2.75, 3.05) is 26.2 Å². The highest BCUT2D eigenvalue weighted by Crippen LogP contribution is 2.21. The van der Waals surface area contributed by atoms with Gasteiger partial charge in [0.2, 0.25) is 0 Å². The van der Waals surface area contributed by atoms with E-state index in [4.69, 9.17) is 0 Å². The minimum atomic E-state index is -0.131. The van der Waals surface area contributed by atoms with Crippen molar-refractivity contribution in [1.29, 1.82) is 0 Å². The zero-order valence-corrected chi connectivity index (χ0v) is 14.5. The summed E-state index contributed by atoms with van der Waals surface area (Å²) in [5.41, 5.74) is 1.35. The molecule has 2 rings (SSSR count). The Labute approximate surface area is 136 Å². The Bertz CT molecular complexity index is 410. The van der Waals surface area contributed by atoms with E-state index in [1.807, 2.05) is 0 Å². The number of benzene rings is 1. The summed E-state index contributed by atoms with van der Waals surface area (Å²) in [4.78, 5) is 2.40. The third-order valence-corrected chi connectivity index (χ3v) is 4.66. The Morgan fingerprint density at radius 3 is 2.81 bits per heavy atom. The molecule has 118 valence electrons.